The minimum atomic E-state index is -1.32. The molecule has 14 nitrogen and oxygen atoms in total. The van der Waals surface area contributed by atoms with Crippen molar-refractivity contribution in [1.82, 2.24) is 16.0 Å². The molecule has 0 aliphatic rings. The summed E-state index contributed by atoms with van der Waals surface area (Å²) in [6, 6.07) is -3.66. The van der Waals surface area contributed by atoms with Crippen molar-refractivity contribution in [2.45, 2.75) is 43.8 Å². The number of rotatable bonds is 15. The molecule has 0 aromatic heterocycles. The number of carboxylic acid groups (broad SMARTS) is 1. The molecular weight excluding hydrogens is 432 g/mol. The van der Waals surface area contributed by atoms with Crippen LogP contribution in [-0.2, 0) is 24.0 Å². The van der Waals surface area contributed by atoms with Crippen molar-refractivity contribution in [3.63, 3.8) is 0 Å². The molecule has 0 aliphatic heterocycles. The van der Waals surface area contributed by atoms with Crippen LogP contribution in [0.3, 0.4) is 0 Å². The first-order valence-electron chi connectivity index (χ1n) is 9.29. The van der Waals surface area contributed by atoms with E-state index in [1.165, 1.54) is 0 Å². The van der Waals surface area contributed by atoms with Crippen LogP contribution in [-0.4, -0.2) is 77.6 Å². The maximum Gasteiger partial charge on any atom is 0.327 e. The third-order valence-corrected chi connectivity index (χ3v) is 4.26. The molecule has 12 N–H and O–H groups in total. The van der Waals surface area contributed by atoms with Gasteiger partial charge in [0.1, 0.15) is 18.1 Å². The molecule has 0 saturated carbocycles. The molecule has 15 heteroatoms. The topological polar surface area (TPSA) is 258 Å². The maximum atomic E-state index is 12.7. The predicted molar refractivity (Wildman–Crippen MR) is 115 cm³/mol. The van der Waals surface area contributed by atoms with Gasteiger partial charge in [-0.05, 0) is 19.3 Å². The van der Waals surface area contributed by atoms with Crippen LogP contribution in [0.25, 0.3) is 0 Å². The van der Waals surface area contributed by atoms with Crippen molar-refractivity contribution in [1.29, 1.82) is 0 Å². The van der Waals surface area contributed by atoms with E-state index in [-0.39, 0.29) is 44.1 Å². The van der Waals surface area contributed by atoms with E-state index in [0.717, 1.165) is 0 Å². The Morgan fingerprint density at radius 2 is 1.45 bits per heavy atom. The fourth-order valence-electron chi connectivity index (χ4n) is 2.31. The second-order valence-electron chi connectivity index (χ2n) is 6.42. The molecule has 0 radical (unpaired) electrons. The van der Waals surface area contributed by atoms with Crippen LogP contribution in [0.5, 0.6) is 0 Å². The van der Waals surface area contributed by atoms with Crippen LogP contribution >= 0.6 is 12.6 Å². The summed E-state index contributed by atoms with van der Waals surface area (Å²) in [4.78, 5) is 62.8. The summed E-state index contributed by atoms with van der Waals surface area (Å²) < 4.78 is 0. The molecule has 3 atom stereocenters. The molecule has 176 valence electrons. The molecule has 4 amide bonds. The van der Waals surface area contributed by atoms with E-state index in [2.05, 4.69) is 33.6 Å². The van der Waals surface area contributed by atoms with Crippen molar-refractivity contribution in [3.8, 4) is 0 Å². The zero-order valence-electron chi connectivity index (χ0n) is 16.9. The molecule has 0 aromatic rings. The van der Waals surface area contributed by atoms with Gasteiger partial charge in [-0.25, -0.2) is 4.79 Å². The van der Waals surface area contributed by atoms with Crippen LogP contribution in [0.15, 0.2) is 4.99 Å². The average Bonchev–Trinajstić information content (AvgIpc) is 2.70. The standard InChI is InChI=1S/C16H30N8O6S/c17-6-12(26)22-8(2-1-5-21-16(19)20)13(27)23-9(3-4-11(18)25)14(28)24-10(7-31)15(29)30/h8-10,31H,1-7,17H2,(H2,18,25)(H,22,26)(H,23,27)(H,24,28)(H,29,30)(H4,19,20,21). The molecule has 0 heterocycles. The van der Waals surface area contributed by atoms with Crippen molar-refractivity contribution >= 4 is 48.2 Å². The number of aliphatic imine (C=N–C) groups is 1. The third kappa shape index (κ3) is 12.3. The Bertz CT molecular complexity index is 685. The lowest BCUT2D eigenvalue weighted by molar-refractivity contribution is -0.141. The quantitative estimate of drug-likeness (QED) is 0.0493. The van der Waals surface area contributed by atoms with Crippen molar-refractivity contribution in [2.75, 3.05) is 18.8 Å². The second kappa shape index (κ2) is 14.8. The number of primary amides is 1. The van der Waals surface area contributed by atoms with E-state index in [0.29, 0.717) is 6.42 Å². The van der Waals surface area contributed by atoms with Gasteiger partial charge in [0.25, 0.3) is 0 Å². The smallest absolute Gasteiger partial charge is 0.327 e. The number of thiol groups is 1. The fraction of sp³-hybridized carbons (Fsp3) is 0.625. The van der Waals surface area contributed by atoms with Crippen LogP contribution in [0.1, 0.15) is 25.7 Å². The minimum Gasteiger partial charge on any atom is -0.480 e. The average molecular weight is 463 g/mol. The third-order valence-electron chi connectivity index (χ3n) is 3.89. The Morgan fingerprint density at radius 3 is 1.90 bits per heavy atom. The largest absolute Gasteiger partial charge is 0.480 e. The van der Waals surface area contributed by atoms with Gasteiger partial charge in [-0.3, -0.25) is 24.2 Å². The van der Waals surface area contributed by atoms with Crippen molar-refractivity contribution in [3.05, 3.63) is 0 Å². The molecule has 0 bridgehead atoms. The van der Waals surface area contributed by atoms with E-state index in [1.54, 1.807) is 0 Å². The lowest BCUT2D eigenvalue weighted by Gasteiger charge is -2.24. The number of hydrogen-bond acceptors (Lipinski definition) is 8. The van der Waals surface area contributed by atoms with Crippen molar-refractivity contribution in [2.24, 2.45) is 27.9 Å². The summed E-state index contributed by atoms with van der Waals surface area (Å²) in [6.07, 6.45) is 0.00526. The number of nitrogens with one attached hydrogen (secondary N) is 3. The van der Waals surface area contributed by atoms with Gasteiger partial charge in [0.2, 0.25) is 23.6 Å². The highest BCUT2D eigenvalue weighted by atomic mass is 32.1. The maximum absolute atomic E-state index is 12.7. The highest BCUT2D eigenvalue weighted by Crippen LogP contribution is 2.04. The zero-order chi connectivity index (χ0) is 24.0. The summed E-state index contributed by atoms with van der Waals surface area (Å²) in [5.74, 6) is -4.57. The number of carbonyl (C=O) groups is 5. The SMILES string of the molecule is NCC(=O)NC(CCCN=C(N)N)C(=O)NC(CCC(N)=O)C(=O)NC(CS)C(=O)O. The Kier molecular flexibility index (Phi) is 13.4. The molecule has 0 fully saturated rings. The number of carboxylic acids is 1. The van der Waals surface area contributed by atoms with Crippen LogP contribution in [0, 0.1) is 0 Å². The van der Waals surface area contributed by atoms with Crippen LogP contribution < -0.4 is 38.9 Å². The molecule has 0 saturated heterocycles. The Balaban J connectivity index is 5.34. The van der Waals surface area contributed by atoms with E-state index in [9.17, 15) is 24.0 Å². The van der Waals surface area contributed by atoms with Gasteiger partial charge in [-0.15, -0.1) is 0 Å². The summed E-state index contributed by atoms with van der Waals surface area (Å²) >= 11 is 3.85. The van der Waals surface area contributed by atoms with Gasteiger partial charge in [-0.1, -0.05) is 0 Å². The van der Waals surface area contributed by atoms with Crippen molar-refractivity contribution < 1.29 is 29.1 Å². The number of guanidine groups is 1. The van der Waals surface area contributed by atoms with Gasteiger partial charge < -0.3 is 44.0 Å². The Labute approximate surface area is 184 Å². The van der Waals surface area contributed by atoms with Gasteiger partial charge in [0.15, 0.2) is 5.96 Å². The Morgan fingerprint density at radius 1 is 0.903 bits per heavy atom. The summed E-state index contributed by atoms with van der Waals surface area (Å²) in [7, 11) is 0. The number of nitrogens with zero attached hydrogens (tertiary/aromatic N) is 1. The predicted octanol–water partition coefficient (Wildman–Crippen LogP) is -4.27. The summed E-state index contributed by atoms with van der Waals surface area (Å²) in [5.41, 5.74) is 20.8. The molecule has 0 aliphatic carbocycles. The van der Waals surface area contributed by atoms with Gasteiger partial charge in [0.05, 0.1) is 6.54 Å². The van der Waals surface area contributed by atoms with Crippen LogP contribution in [0.2, 0.25) is 0 Å². The molecule has 3 unspecified atom stereocenters. The van der Waals surface area contributed by atoms with Gasteiger partial charge in [0, 0.05) is 18.7 Å². The minimum absolute atomic E-state index is 0.118. The van der Waals surface area contributed by atoms with Gasteiger partial charge >= 0.3 is 5.97 Å². The molecular formula is C16H30N8O6S. The lowest BCUT2D eigenvalue weighted by Crippen LogP contribution is -2.56. The first-order valence-corrected chi connectivity index (χ1v) is 9.92. The molecule has 0 rings (SSSR count). The number of nitrogens with two attached hydrogens (primary N) is 4. The number of aliphatic carboxylic acids is 1. The van der Waals surface area contributed by atoms with Gasteiger partial charge in [-0.2, -0.15) is 12.6 Å². The molecule has 0 spiro atoms. The van der Waals surface area contributed by atoms with E-state index < -0.39 is 47.7 Å². The highest BCUT2D eigenvalue weighted by Gasteiger charge is 2.29. The number of carbonyl (C=O) groups excluding carboxylic acids is 4. The Hall–Kier alpha value is -3.07. The number of amides is 4. The summed E-state index contributed by atoms with van der Waals surface area (Å²) in [5, 5.41) is 16.1. The van der Waals surface area contributed by atoms with E-state index in [4.69, 9.17) is 28.0 Å². The fourth-order valence-corrected chi connectivity index (χ4v) is 2.56. The zero-order valence-corrected chi connectivity index (χ0v) is 17.8. The lowest BCUT2D eigenvalue weighted by atomic mass is 10.1. The van der Waals surface area contributed by atoms with Crippen LogP contribution in [0.4, 0.5) is 0 Å². The first-order chi connectivity index (χ1) is 14.5. The number of hydrogen-bond donors (Lipinski definition) is 9. The monoisotopic (exact) mass is 462 g/mol. The summed E-state index contributed by atoms with van der Waals surface area (Å²) in [6.45, 7) is -0.177. The highest BCUT2D eigenvalue weighted by molar-refractivity contribution is 7.80. The molecule has 31 heavy (non-hydrogen) atoms. The second-order valence-corrected chi connectivity index (χ2v) is 6.79. The normalized spacial score (nSPS) is 13.2. The first kappa shape index (κ1) is 27.9. The van der Waals surface area contributed by atoms with E-state index in [1.807, 2.05) is 0 Å². The molecule has 0 aromatic carbocycles. The van der Waals surface area contributed by atoms with E-state index >= 15 is 0 Å².